The second kappa shape index (κ2) is 4.31. The van der Waals surface area contributed by atoms with Crippen molar-refractivity contribution in [3.63, 3.8) is 0 Å². The van der Waals surface area contributed by atoms with Gasteiger partial charge in [-0.15, -0.1) is 0 Å². The van der Waals surface area contributed by atoms with E-state index in [9.17, 15) is 4.79 Å². The summed E-state index contributed by atoms with van der Waals surface area (Å²) in [6.07, 6.45) is 0. The van der Waals surface area contributed by atoms with Gasteiger partial charge in [-0.1, -0.05) is 48.0 Å². The van der Waals surface area contributed by atoms with Gasteiger partial charge in [-0.25, -0.2) is 0 Å². The van der Waals surface area contributed by atoms with Crippen LogP contribution in [0.25, 0.3) is 22.0 Å². The highest BCUT2D eigenvalue weighted by Gasteiger charge is 2.05. The molecule has 1 aromatic heterocycles. The fourth-order valence-corrected chi connectivity index (χ4v) is 2.19. The van der Waals surface area contributed by atoms with E-state index in [1.54, 1.807) is 6.07 Å². The molecule has 88 valence electrons. The standard InChI is InChI=1S/C15H10ClNO/c16-12-7-5-10(6-8-12)15-13-4-2-1-3-11(13)9-14(18)17-15/h1-9H,(H,17,18). The molecule has 0 amide bonds. The summed E-state index contributed by atoms with van der Waals surface area (Å²) in [5.74, 6) is 0. The van der Waals surface area contributed by atoms with E-state index in [-0.39, 0.29) is 5.56 Å². The zero-order chi connectivity index (χ0) is 12.5. The van der Waals surface area contributed by atoms with E-state index in [1.165, 1.54) is 0 Å². The van der Waals surface area contributed by atoms with Gasteiger partial charge in [0.2, 0.25) is 5.56 Å². The van der Waals surface area contributed by atoms with Crippen molar-refractivity contribution in [1.82, 2.24) is 4.98 Å². The number of halogens is 1. The Morgan fingerprint density at radius 2 is 1.67 bits per heavy atom. The van der Waals surface area contributed by atoms with E-state index >= 15 is 0 Å². The predicted octanol–water partition coefficient (Wildman–Crippen LogP) is 3.85. The van der Waals surface area contributed by atoms with Crippen molar-refractivity contribution in [2.24, 2.45) is 0 Å². The minimum absolute atomic E-state index is 0.0985. The van der Waals surface area contributed by atoms with Crippen LogP contribution < -0.4 is 5.56 Å². The Kier molecular flexibility index (Phi) is 2.65. The zero-order valence-corrected chi connectivity index (χ0v) is 10.2. The van der Waals surface area contributed by atoms with E-state index in [2.05, 4.69) is 4.98 Å². The second-order valence-corrected chi connectivity index (χ2v) is 4.54. The van der Waals surface area contributed by atoms with Crippen molar-refractivity contribution >= 4 is 22.4 Å². The summed E-state index contributed by atoms with van der Waals surface area (Å²) in [6.45, 7) is 0. The van der Waals surface area contributed by atoms with Crippen LogP contribution in [0.2, 0.25) is 5.02 Å². The summed E-state index contributed by atoms with van der Waals surface area (Å²) in [7, 11) is 0. The summed E-state index contributed by atoms with van der Waals surface area (Å²) < 4.78 is 0. The van der Waals surface area contributed by atoms with Gasteiger partial charge in [-0.2, -0.15) is 0 Å². The number of aromatic nitrogens is 1. The highest BCUT2D eigenvalue weighted by molar-refractivity contribution is 6.30. The largest absolute Gasteiger partial charge is 0.321 e. The highest BCUT2D eigenvalue weighted by Crippen LogP contribution is 2.25. The molecule has 3 aromatic rings. The minimum Gasteiger partial charge on any atom is -0.321 e. The van der Waals surface area contributed by atoms with Crippen LogP contribution in [0, 0.1) is 0 Å². The van der Waals surface area contributed by atoms with E-state index in [1.807, 2.05) is 48.5 Å². The number of hydrogen-bond donors (Lipinski definition) is 1. The van der Waals surface area contributed by atoms with E-state index < -0.39 is 0 Å². The lowest BCUT2D eigenvalue weighted by atomic mass is 10.0. The number of benzene rings is 2. The number of nitrogens with one attached hydrogen (secondary N) is 1. The summed E-state index contributed by atoms with van der Waals surface area (Å²) in [5, 5.41) is 2.65. The first kappa shape index (κ1) is 11.1. The molecule has 0 atom stereocenters. The van der Waals surface area contributed by atoms with E-state index in [0.717, 1.165) is 22.0 Å². The Morgan fingerprint density at radius 3 is 2.44 bits per heavy atom. The van der Waals surface area contributed by atoms with Gasteiger partial charge in [0.25, 0.3) is 0 Å². The zero-order valence-electron chi connectivity index (χ0n) is 9.48. The van der Waals surface area contributed by atoms with Gasteiger partial charge in [-0.3, -0.25) is 4.79 Å². The van der Waals surface area contributed by atoms with Crippen LogP contribution >= 0.6 is 11.6 Å². The molecule has 0 saturated carbocycles. The first-order valence-corrected chi connectivity index (χ1v) is 6.00. The summed E-state index contributed by atoms with van der Waals surface area (Å²) >= 11 is 5.88. The normalized spacial score (nSPS) is 10.7. The average Bonchev–Trinajstić information content (AvgIpc) is 2.38. The average molecular weight is 256 g/mol. The van der Waals surface area contributed by atoms with Crippen LogP contribution in [0.4, 0.5) is 0 Å². The Hall–Kier alpha value is -2.06. The maximum atomic E-state index is 11.7. The summed E-state index contributed by atoms with van der Waals surface area (Å²) in [6, 6.07) is 16.9. The van der Waals surface area contributed by atoms with Crippen molar-refractivity contribution in [3.8, 4) is 11.3 Å². The third kappa shape index (κ3) is 1.91. The van der Waals surface area contributed by atoms with Crippen molar-refractivity contribution < 1.29 is 0 Å². The topological polar surface area (TPSA) is 32.9 Å². The predicted molar refractivity (Wildman–Crippen MR) is 75.0 cm³/mol. The molecule has 0 fully saturated rings. The minimum atomic E-state index is -0.0985. The Balaban J connectivity index is 2.34. The molecule has 1 N–H and O–H groups in total. The monoisotopic (exact) mass is 255 g/mol. The molecule has 2 nitrogen and oxygen atoms in total. The molecule has 18 heavy (non-hydrogen) atoms. The lowest BCUT2D eigenvalue weighted by Gasteiger charge is -2.06. The van der Waals surface area contributed by atoms with Crippen molar-refractivity contribution in [3.05, 3.63) is 70.0 Å². The quantitative estimate of drug-likeness (QED) is 0.704. The third-order valence-corrected chi connectivity index (χ3v) is 3.15. The number of pyridine rings is 1. The number of hydrogen-bond acceptors (Lipinski definition) is 1. The molecular weight excluding hydrogens is 246 g/mol. The number of fused-ring (bicyclic) bond motifs is 1. The van der Waals surface area contributed by atoms with Crippen molar-refractivity contribution in [2.75, 3.05) is 0 Å². The van der Waals surface area contributed by atoms with Crippen LogP contribution in [-0.4, -0.2) is 4.98 Å². The fraction of sp³-hybridized carbons (Fsp3) is 0. The van der Waals surface area contributed by atoms with Crippen LogP contribution in [0.3, 0.4) is 0 Å². The van der Waals surface area contributed by atoms with Gasteiger partial charge in [0.1, 0.15) is 0 Å². The fourth-order valence-electron chi connectivity index (χ4n) is 2.06. The van der Waals surface area contributed by atoms with Crippen LogP contribution in [0.5, 0.6) is 0 Å². The first-order chi connectivity index (χ1) is 8.74. The lowest BCUT2D eigenvalue weighted by Crippen LogP contribution is -2.05. The second-order valence-electron chi connectivity index (χ2n) is 4.10. The number of H-pyrrole nitrogens is 1. The van der Waals surface area contributed by atoms with E-state index in [4.69, 9.17) is 11.6 Å². The van der Waals surface area contributed by atoms with Crippen LogP contribution in [0.15, 0.2) is 59.4 Å². The van der Waals surface area contributed by atoms with Crippen molar-refractivity contribution in [2.45, 2.75) is 0 Å². The number of rotatable bonds is 1. The molecule has 0 aliphatic heterocycles. The van der Waals surface area contributed by atoms with Gasteiger partial charge < -0.3 is 4.98 Å². The number of aromatic amines is 1. The molecule has 0 bridgehead atoms. The molecule has 0 aliphatic rings. The first-order valence-electron chi connectivity index (χ1n) is 5.62. The van der Waals surface area contributed by atoms with Crippen molar-refractivity contribution in [1.29, 1.82) is 0 Å². The third-order valence-electron chi connectivity index (χ3n) is 2.90. The molecule has 0 aliphatic carbocycles. The maximum Gasteiger partial charge on any atom is 0.249 e. The Labute approximate surface area is 109 Å². The van der Waals surface area contributed by atoms with Gasteiger partial charge in [0.15, 0.2) is 0 Å². The van der Waals surface area contributed by atoms with Gasteiger partial charge in [0, 0.05) is 16.5 Å². The molecule has 0 unspecified atom stereocenters. The lowest BCUT2D eigenvalue weighted by molar-refractivity contribution is 1.27. The van der Waals surface area contributed by atoms with Gasteiger partial charge in [-0.05, 0) is 23.1 Å². The molecule has 3 heteroatoms. The summed E-state index contributed by atoms with van der Waals surface area (Å²) in [4.78, 5) is 14.6. The smallest absolute Gasteiger partial charge is 0.249 e. The van der Waals surface area contributed by atoms with Crippen LogP contribution in [0.1, 0.15) is 0 Å². The van der Waals surface area contributed by atoms with Gasteiger partial charge >= 0.3 is 0 Å². The Morgan fingerprint density at radius 1 is 0.944 bits per heavy atom. The Bertz CT molecular complexity index is 759. The molecule has 0 radical (unpaired) electrons. The maximum absolute atomic E-state index is 11.7. The van der Waals surface area contributed by atoms with Gasteiger partial charge in [0.05, 0.1) is 5.69 Å². The van der Waals surface area contributed by atoms with Crippen LogP contribution in [-0.2, 0) is 0 Å². The molecular formula is C15H10ClNO. The SMILES string of the molecule is O=c1cc2ccccc2c(-c2ccc(Cl)cc2)[nH]1. The molecule has 1 heterocycles. The molecule has 0 spiro atoms. The van der Waals surface area contributed by atoms with E-state index in [0.29, 0.717) is 5.02 Å². The molecule has 0 saturated heterocycles. The highest BCUT2D eigenvalue weighted by atomic mass is 35.5. The summed E-state index contributed by atoms with van der Waals surface area (Å²) in [5.41, 5.74) is 1.68. The molecule has 3 rings (SSSR count). The molecule has 2 aromatic carbocycles.